The Morgan fingerprint density at radius 1 is 1.28 bits per heavy atom. The molecule has 0 aliphatic carbocycles. The highest BCUT2D eigenvalue weighted by Crippen LogP contribution is 2.32. The normalized spacial score (nSPS) is 10.5. The quantitative estimate of drug-likeness (QED) is 0.312. The Balaban J connectivity index is 2.13. The van der Waals surface area contributed by atoms with Gasteiger partial charge >= 0.3 is 0 Å². The molecule has 8 nitrogen and oxygen atoms in total. The predicted octanol–water partition coefficient (Wildman–Crippen LogP) is 2.98. The average Bonchev–Trinajstić information content (AvgIpc) is 2.61. The Hall–Kier alpha value is -2.69. The van der Waals surface area contributed by atoms with E-state index in [4.69, 9.17) is 9.47 Å². The van der Waals surface area contributed by atoms with E-state index in [0.29, 0.717) is 17.1 Å². The SMILES string of the molecule is COc1cc(/C=N\NC(=O)c2cccc([N+](=O)[O-])c2)cc(I)c1OC. The van der Waals surface area contributed by atoms with E-state index in [1.54, 1.807) is 13.2 Å². The number of non-ortho nitro benzene ring substituents is 1. The van der Waals surface area contributed by atoms with Gasteiger partial charge in [-0.25, -0.2) is 5.43 Å². The Morgan fingerprint density at radius 3 is 2.68 bits per heavy atom. The van der Waals surface area contributed by atoms with Crippen LogP contribution in [-0.4, -0.2) is 31.3 Å². The minimum atomic E-state index is -0.564. The van der Waals surface area contributed by atoms with Crippen LogP contribution < -0.4 is 14.9 Å². The topological polar surface area (TPSA) is 103 Å². The summed E-state index contributed by atoms with van der Waals surface area (Å²) in [5.74, 6) is 0.608. The van der Waals surface area contributed by atoms with Crippen molar-refractivity contribution in [2.24, 2.45) is 5.10 Å². The second kappa shape index (κ2) is 8.42. The van der Waals surface area contributed by atoms with Crippen LogP contribution in [0.4, 0.5) is 5.69 Å². The van der Waals surface area contributed by atoms with E-state index < -0.39 is 10.8 Å². The first-order chi connectivity index (χ1) is 12.0. The van der Waals surface area contributed by atoms with Gasteiger partial charge in [-0.2, -0.15) is 5.10 Å². The highest BCUT2D eigenvalue weighted by molar-refractivity contribution is 14.1. The molecule has 0 radical (unpaired) electrons. The van der Waals surface area contributed by atoms with Crippen molar-refractivity contribution in [3.05, 3.63) is 61.2 Å². The zero-order valence-electron chi connectivity index (χ0n) is 13.4. The summed E-state index contributed by atoms with van der Waals surface area (Å²) in [5, 5.41) is 14.6. The Kier molecular flexibility index (Phi) is 6.28. The van der Waals surface area contributed by atoms with Crippen molar-refractivity contribution in [3.8, 4) is 11.5 Å². The highest BCUT2D eigenvalue weighted by atomic mass is 127. The number of ether oxygens (including phenoxy) is 2. The van der Waals surface area contributed by atoms with Crippen LogP contribution in [0.5, 0.6) is 11.5 Å². The number of nitrogens with zero attached hydrogens (tertiary/aromatic N) is 2. The number of hydrazone groups is 1. The van der Waals surface area contributed by atoms with Crippen molar-refractivity contribution < 1.29 is 19.2 Å². The Bertz CT molecular complexity index is 839. The summed E-state index contributed by atoms with van der Waals surface area (Å²) in [4.78, 5) is 22.2. The standard InChI is InChI=1S/C16H14IN3O5/c1-24-14-7-10(6-13(17)15(14)25-2)9-18-19-16(21)11-4-3-5-12(8-11)20(22)23/h3-9H,1-2H3,(H,19,21)/b18-9-. The monoisotopic (exact) mass is 455 g/mol. The zero-order chi connectivity index (χ0) is 18.4. The first-order valence-corrected chi connectivity index (χ1v) is 8.03. The average molecular weight is 455 g/mol. The maximum atomic E-state index is 12.0. The molecule has 9 heteroatoms. The van der Waals surface area contributed by atoms with Crippen LogP contribution in [0.2, 0.25) is 0 Å². The van der Waals surface area contributed by atoms with Crippen LogP contribution in [0.1, 0.15) is 15.9 Å². The van der Waals surface area contributed by atoms with E-state index in [-0.39, 0.29) is 11.3 Å². The van der Waals surface area contributed by atoms with Crippen molar-refractivity contribution in [1.29, 1.82) is 0 Å². The van der Waals surface area contributed by atoms with E-state index in [1.807, 2.05) is 6.07 Å². The molecule has 0 unspecified atom stereocenters. The molecular formula is C16H14IN3O5. The van der Waals surface area contributed by atoms with Gasteiger partial charge in [-0.15, -0.1) is 0 Å². The molecule has 2 rings (SSSR count). The van der Waals surface area contributed by atoms with Gasteiger partial charge in [-0.3, -0.25) is 14.9 Å². The third-order valence-electron chi connectivity index (χ3n) is 3.15. The molecule has 0 bridgehead atoms. The molecule has 0 saturated carbocycles. The molecule has 0 aliphatic heterocycles. The van der Waals surface area contributed by atoms with E-state index in [2.05, 4.69) is 33.1 Å². The molecule has 25 heavy (non-hydrogen) atoms. The molecule has 0 aliphatic rings. The number of benzene rings is 2. The molecule has 0 saturated heterocycles. The summed E-state index contributed by atoms with van der Waals surface area (Å²) in [5.41, 5.74) is 3.01. The number of nitro benzene ring substituents is 1. The van der Waals surface area contributed by atoms with Crippen molar-refractivity contribution in [2.45, 2.75) is 0 Å². The Labute approximate surface area is 157 Å². The van der Waals surface area contributed by atoms with Gasteiger partial charge in [0.05, 0.1) is 28.9 Å². The minimum absolute atomic E-state index is 0.147. The van der Waals surface area contributed by atoms with Crippen molar-refractivity contribution in [2.75, 3.05) is 14.2 Å². The van der Waals surface area contributed by atoms with Crippen LogP contribution in [0, 0.1) is 13.7 Å². The molecule has 0 aromatic heterocycles. The molecule has 1 N–H and O–H groups in total. The van der Waals surface area contributed by atoms with E-state index in [9.17, 15) is 14.9 Å². The first-order valence-electron chi connectivity index (χ1n) is 6.95. The summed E-state index contributed by atoms with van der Waals surface area (Å²) in [6, 6.07) is 8.93. The minimum Gasteiger partial charge on any atom is -0.493 e. The molecule has 130 valence electrons. The van der Waals surface area contributed by atoms with Crippen LogP contribution in [0.25, 0.3) is 0 Å². The first kappa shape index (κ1) is 18.6. The number of hydrogen-bond donors (Lipinski definition) is 1. The van der Waals surface area contributed by atoms with Gasteiger partial charge in [-0.05, 0) is 46.4 Å². The molecule has 0 atom stereocenters. The molecular weight excluding hydrogens is 441 g/mol. The third kappa shape index (κ3) is 4.66. The second-order valence-corrected chi connectivity index (χ2v) is 5.91. The smallest absolute Gasteiger partial charge is 0.271 e. The second-order valence-electron chi connectivity index (χ2n) is 4.74. The number of nitro groups is 1. The number of hydrogen-bond acceptors (Lipinski definition) is 6. The summed E-state index contributed by atoms with van der Waals surface area (Å²) < 4.78 is 11.3. The number of rotatable bonds is 6. The van der Waals surface area contributed by atoms with Crippen LogP contribution in [0.3, 0.4) is 0 Å². The lowest BCUT2D eigenvalue weighted by Gasteiger charge is -2.10. The van der Waals surface area contributed by atoms with Gasteiger partial charge in [0.2, 0.25) is 0 Å². The van der Waals surface area contributed by atoms with Crippen molar-refractivity contribution in [1.82, 2.24) is 5.43 Å². The van der Waals surface area contributed by atoms with Crippen LogP contribution in [-0.2, 0) is 0 Å². The molecule has 0 spiro atoms. The fourth-order valence-corrected chi connectivity index (χ4v) is 2.85. The van der Waals surface area contributed by atoms with Gasteiger partial charge in [0.1, 0.15) is 0 Å². The summed E-state index contributed by atoms with van der Waals surface area (Å²) >= 11 is 2.10. The van der Waals surface area contributed by atoms with Gasteiger partial charge in [0.15, 0.2) is 11.5 Å². The van der Waals surface area contributed by atoms with Crippen LogP contribution >= 0.6 is 22.6 Å². The van der Waals surface area contributed by atoms with E-state index in [1.165, 1.54) is 37.6 Å². The number of amides is 1. The molecule has 0 fully saturated rings. The predicted molar refractivity (Wildman–Crippen MR) is 100 cm³/mol. The number of nitrogens with one attached hydrogen (secondary N) is 1. The lowest BCUT2D eigenvalue weighted by molar-refractivity contribution is -0.384. The molecule has 2 aromatic rings. The van der Waals surface area contributed by atoms with E-state index in [0.717, 1.165) is 3.57 Å². The summed E-state index contributed by atoms with van der Waals surface area (Å²) in [6.07, 6.45) is 1.44. The lowest BCUT2D eigenvalue weighted by atomic mass is 10.2. The van der Waals surface area contributed by atoms with Gasteiger partial charge in [-0.1, -0.05) is 6.07 Å². The fourth-order valence-electron chi connectivity index (χ4n) is 2.00. The van der Waals surface area contributed by atoms with Crippen molar-refractivity contribution >= 4 is 40.4 Å². The number of carbonyl (C=O) groups is 1. The molecule has 1 amide bonds. The summed E-state index contributed by atoms with van der Waals surface area (Å²) in [7, 11) is 3.08. The zero-order valence-corrected chi connectivity index (χ0v) is 15.5. The van der Waals surface area contributed by atoms with E-state index >= 15 is 0 Å². The largest absolute Gasteiger partial charge is 0.493 e. The third-order valence-corrected chi connectivity index (χ3v) is 3.96. The number of methoxy groups -OCH3 is 2. The van der Waals surface area contributed by atoms with Gasteiger partial charge in [0, 0.05) is 17.7 Å². The highest BCUT2D eigenvalue weighted by Gasteiger charge is 2.11. The summed E-state index contributed by atoms with van der Waals surface area (Å²) in [6.45, 7) is 0. The fraction of sp³-hybridized carbons (Fsp3) is 0.125. The lowest BCUT2D eigenvalue weighted by Crippen LogP contribution is -2.17. The molecule has 2 aromatic carbocycles. The van der Waals surface area contributed by atoms with Gasteiger partial charge < -0.3 is 9.47 Å². The maximum Gasteiger partial charge on any atom is 0.271 e. The Morgan fingerprint density at radius 2 is 2.04 bits per heavy atom. The number of carbonyl (C=O) groups excluding carboxylic acids is 1. The molecule has 0 heterocycles. The van der Waals surface area contributed by atoms with Gasteiger partial charge in [0.25, 0.3) is 11.6 Å². The van der Waals surface area contributed by atoms with Crippen LogP contribution in [0.15, 0.2) is 41.5 Å². The van der Waals surface area contributed by atoms with Crippen molar-refractivity contribution in [3.63, 3.8) is 0 Å². The maximum absolute atomic E-state index is 12.0. The number of halogens is 1.